The van der Waals surface area contributed by atoms with E-state index in [9.17, 15) is 5.11 Å². The van der Waals surface area contributed by atoms with Crippen LogP contribution in [-0.4, -0.2) is 26.9 Å². The van der Waals surface area contributed by atoms with Crippen molar-refractivity contribution < 1.29 is 14.4 Å². The molecule has 0 spiro atoms. The number of aryl methyl sites for hydroxylation is 2. The van der Waals surface area contributed by atoms with Crippen molar-refractivity contribution in [2.45, 2.75) is 6.92 Å². The van der Waals surface area contributed by atoms with Crippen LogP contribution in [0.3, 0.4) is 0 Å². The number of hydrogen-bond acceptors (Lipinski definition) is 5. The Morgan fingerprint density at radius 3 is 2.79 bits per heavy atom. The van der Waals surface area contributed by atoms with Gasteiger partial charge >= 0.3 is 0 Å². The first-order valence-corrected chi connectivity index (χ1v) is 5.78. The fourth-order valence-corrected chi connectivity index (χ4v) is 2.19. The summed E-state index contributed by atoms with van der Waals surface area (Å²) >= 11 is 0. The molecule has 2 aromatic heterocycles. The fourth-order valence-electron chi connectivity index (χ4n) is 2.19. The van der Waals surface area contributed by atoms with E-state index in [1.807, 2.05) is 11.6 Å². The van der Waals surface area contributed by atoms with Crippen molar-refractivity contribution in [1.29, 1.82) is 0 Å². The third-order valence-corrected chi connectivity index (χ3v) is 3.10. The molecular formula is C13H13N3O3. The highest BCUT2D eigenvalue weighted by atomic mass is 16.5. The van der Waals surface area contributed by atoms with Crippen molar-refractivity contribution in [1.82, 2.24) is 14.7 Å². The molecule has 6 nitrogen and oxygen atoms in total. The molecule has 1 aromatic carbocycles. The molecule has 0 bridgehead atoms. The molecule has 3 aromatic rings. The highest BCUT2D eigenvalue weighted by Crippen LogP contribution is 2.37. The van der Waals surface area contributed by atoms with Crippen molar-refractivity contribution in [3.63, 3.8) is 0 Å². The zero-order valence-electron chi connectivity index (χ0n) is 10.8. The second-order valence-electron chi connectivity index (χ2n) is 4.28. The Bertz CT molecular complexity index is 758. The molecule has 19 heavy (non-hydrogen) atoms. The van der Waals surface area contributed by atoms with Gasteiger partial charge in [0, 0.05) is 12.4 Å². The summed E-state index contributed by atoms with van der Waals surface area (Å²) in [5, 5.41) is 14.4. The zero-order valence-corrected chi connectivity index (χ0v) is 10.8. The van der Waals surface area contributed by atoms with Crippen LogP contribution in [0.5, 0.6) is 11.5 Å². The predicted octanol–water partition coefficient (Wildman–Crippen LogP) is 2.25. The molecule has 0 saturated heterocycles. The lowest BCUT2D eigenvalue weighted by molar-refractivity contribution is 0.415. The minimum absolute atomic E-state index is 0.189. The van der Waals surface area contributed by atoms with Crippen molar-refractivity contribution in [3.05, 3.63) is 24.0 Å². The van der Waals surface area contributed by atoms with Gasteiger partial charge in [0.25, 0.3) is 5.89 Å². The van der Waals surface area contributed by atoms with Crippen LogP contribution in [-0.2, 0) is 7.05 Å². The molecule has 0 radical (unpaired) electrons. The average Bonchev–Trinajstić information content (AvgIpc) is 2.96. The number of hydrogen-bond donors (Lipinski definition) is 1. The molecule has 2 heterocycles. The maximum atomic E-state index is 9.95. The third-order valence-electron chi connectivity index (χ3n) is 3.10. The quantitative estimate of drug-likeness (QED) is 0.764. The summed E-state index contributed by atoms with van der Waals surface area (Å²) in [5.41, 5.74) is 1.52. The Hall–Kier alpha value is -2.50. The Morgan fingerprint density at radius 2 is 2.16 bits per heavy atom. The van der Waals surface area contributed by atoms with Crippen LogP contribution in [0.4, 0.5) is 0 Å². The van der Waals surface area contributed by atoms with Gasteiger partial charge in [-0.1, -0.05) is 5.16 Å². The van der Waals surface area contributed by atoms with E-state index in [-0.39, 0.29) is 5.75 Å². The first-order valence-electron chi connectivity index (χ1n) is 5.78. The lowest BCUT2D eigenvalue weighted by atomic mass is 10.2. The van der Waals surface area contributed by atoms with Crippen LogP contribution >= 0.6 is 0 Å². The molecular weight excluding hydrogens is 246 g/mol. The van der Waals surface area contributed by atoms with Crippen molar-refractivity contribution in [3.8, 4) is 23.1 Å². The van der Waals surface area contributed by atoms with Crippen LogP contribution in [0.15, 0.2) is 22.7 Å². The molecule has 0 unspecified atom stereocenters. The van der Waals surface area contributed by atoms with Gasteiger partial charge in [0.2, 0.25) is 0 Å². The summed E-state index contributed by atoms with van der Waals surface area (Å²) in [6.45, 7) is 1.76. The van der Waals surface area contributed by atoms with Crippen LogP contribution in [0.1, 0.15) is 5.82 Å². The minimum Gasteiger partial charge on any atom is -0.507 e. The van der Waals surface area contributed by atoms with Crippen molar-refractivity contribution in [2.24, 2.45) is 7.05 Å². The van der Waals surface area contributed by atoms with E-state index in [0.717, 1.165) is 11.2 Å². The fraction of sp³-hybridized carbons (Fsp3) is 0.231. The number of phenolic OH excluding ortho intramolecular Hbond substituents is 1. The molecule has 98 valence electrons. The molecule has 0 atom stereocenters. The highest BCUT2D eigenvalue weighted by molar-refractivity contribution is 5.94. The summed E-state index contributed by atoms with van der Waals surface area (Å²) in [7, 11) is 3.45. The lowest BCUT2D eigenvalue weighted by Crippen LogP contribution is -1.94. The van der Waals surface area contributed by atoms with E-state index in [0.29, 0.717) is 22.9 Å². The van der Waals surface area contributed by atoms with E-state index in [1.165, 1.54) is 0 Å². The maximum absolute atomic E-state index is 9.95. The number of ether oxygens (including phenoxy) is 1. The van der Waals surface area contributed by atoms with Gasteiger partial charge in [0.05, 0.1) is 12.6 Å². The standard InChI is InChI=1S/C13H13N3O3/c1-7-14-13(19-15-7)9-6-8-10(17)4-5-11(18-3)12(8)16(9)2/h4-6,17H,1-3H3. The van der Waals surface area contributed by atoms with Gasteiger partial charge in [-0.3, -0.25) is 0 Å². The van der Waals surface area contributed by atoms with Crippen LogP contribution in [0.2, 0.25) is 0 Å². The van der Waals surface area contributed by atoms with E-state index in [4.69, 9.17) is 9.26 Å². The third kappa shape index (κ3) is 1.64. The number of aromatic hydroxyl groups is 1. The van der Waals surface area contributed by atoms with E-state index < -0.39 is 0 Å². The highest BCUT2D eigenvalue weighted by Gasteiger charge is 2.18. The normalized spacial score (nSPS) is 11.1. The van der Waals surface area contributed by atoms with Gasteiger partial charge in [-0.05, 0) is 25.1 Å². The summed E-state index contributed by atoms with van der Waals surface area (Å²) < 4.78 is 12.4. The average molecular weight is 259 g/mol. The van der Waals surface area contributed by atoms with E-state index >= 15 is 0 Å². The smallest absolute Gasteiger partial charge is 0.274 e. The Morgan fingerprint density at radius 1 is 1.37 bits per heavy atom. The van der Waals surface area contributed by atoms with Gasteiger partial charge in [-0.15, -0.1) is 0 Å². The predicted molar refractivity (Wildman–Crippen MR) is 69.2 cm³/mol. The lowest BCUT2D eigenvalue weighted by Gasteiger charge is -2.06. The molecule has 0 fully saturated rings. The number of fused-ring (bicyclic) bond motifs is 1. The Balaban J connectivity index is 2.34. The SMILES string of the molecule is COc1ccc(O)c2cc(-c3nc(C)no3)n(C)c12. The number of benzene rings is 1. The van der Waals surface area contributed by atoms with Gasteiger partial charge in [0.1, 0.15) is 17.2 Å². The molecule has 6 heteroatoms. The van der Waals surface area contributed by atoms with Gasteiger partial charge < -0.3 is 18.9 Å². The first-order chi connectivity index (χ1) is 9.11. The Labute approximate surface area is 109 Å². The van der Waals surface area contributed by atoms with Crippen molar-refractivity contribution in [2.75, 3.05) is 7.11 Å². The topological polar surface area (TPSA) is 73.3 Å². The van der Waals surface area contributed by atoms with Crippen LogP contribution < -0.4 is 4.74 Å². The van der Waals surface area contributed by atoms with Crippen molar-refractivity contribution >= 4 is 10.9 Å². The largest absolute Gasteiger partial charge is 0.507 e. The monoisotopic (exact) mass is 259 g/mol. The molecule has 0 saturated carbocycles. The molecule has 0 aliphatic carbocycles. The maximum Gasteiger partial charge on any atom is 0.274 e. The second kappa shape index (κ2) is 4.01. The number of rotatable bonds is 2. The Kier molecular flexibility index (Phi) is 2.45. The van der Waals surface area contributed by atoms with Gasteiger partial charge in [-0.2, -0.15) is 4.98 Å². The van der Waals surface area contributed by atoms with Gasteiger partial charge in [-0.25, -0.2) is 0 Å². The van der Waals surface area contributed by atoms with Crippen LogP contribution in [0, 0.1) is 6.92 Å². The molecule has 3 rings (SSSR count). The van der Waals surface area contributed by atoms with Gasteiger partial charge in [0.15, 0.2) is 5.82 Å². The number of aromatic nitrogens is 3. The number of methoxy groups -OCH3 is 1. The van der Waals surface area contributed by atoms with E-state index in [1.54, 1.807) is 32.2 Å². The molecule has 0 aliphatic rings. The summed E-state index contributed by atoms with van der Waals surface area (Å²) in [4.78, 5) is 4.20. The molecule has 1 N–H and O–H groups in total. The summed E-state index contributed by atoms with van der Waals surface area (Å²) in [5.74, 6) is 1.85. The number of phenols is 1. The van der Waals surface area contributed by atoms with Crippen LogP contribution in [0.25, 0.3) is 22.5 Å². The first kappa shape index (κ1) is 11.6. The molecule has 0 aliphatic heterocycles. The second-order valence-corrected chi connectivity index (χ2v) is 4.28. The number of nitrogens with zero attached hydrogens (tertiary/aromatic N) is 3. The zero-order chi connectivity index (χ0) is 13.6. The molecule has 0 amide bonds. The van der Waals surface area contributed by atoms with E-state index in [2.05, 4.69) is 10.1 Å². The summed E-state index contributed by atoms with van der Waals surface area (Å²) in [6.07, 6.45) is 0. The summed E-state index contributed by atoms with van der Waals surface area (Å²) in [6, 6.07) is 5.13. The minimum atomic E-state index is 0.189.